The molecule has 5 nitrogen and oxygen atoms in total. The van der Waals surface area contributed by atoms with Crippen molar-refractivity contribution in [2.24, 2.45) is 0 Å². The summed E-state index contributed by atoms with van der Waals surface area (Å²) in [5, 5.41) is 0. The maximum atomic E-state index is 10.4. The maximum absolute atomic E-state index is 10.4. The van der Waals surface area contributed by atoms with E-state index in [-0.39, 0.29) is 6.10 Å². The Labute approximate surface area is 75.1 Å². The van der Waals surface area contributed by atoms with Crippen LogP contribution in [0.25, 0.3) is 0 Å². The monoisotopic (exact) mass is 182 g/mol. The minimum atomic E-state index is -0.164. The Kier molecular flexibility index (Phi) is 2.37. The summed E-state index contributed by atoms with van der Waals surface area (Å²) < 4.78 is 10.6. The van der Waals surface area contributed by atoms with Crippen LogP contribution in [-0.4, -0.2) is 36.1 Å². The summed E-state index contributed by atoms with van der Waals surface area (Å²) in [4.78, 5) is 17.2. The molecule has 1 N–H and O–H groups in total. The molecular weight excluding hydrogens is 172 g/mol. The highest BCUT2D eigenvalue weighted by atomic mass is 16.6. The minimum Gasteiger partial charge on any atom is -0.376 e. The highest BCUT2D eigenvalue weighted by molar-refractivity contribution is 5.71. The largest absolute Gasteiger partial charge is 0.376 e. The standard InChI is InChI=1S/C8H10N2O3/c11-4-6-3-9-8(10-6)7-5-12-1-2-13-7/h3-4,7H,1-2,5H2,(H,9,10). The number of aldehydes is 1. The molecule has 0 saturated carbocycles. The van der Waals surface area contributed by atoms with E-state index in [2.05, 4.69) is 9.97 Å². The first-order valence-electron chi connectivity index (χ1n) is 4.09. The first-order chi connectivity index (χ1) is 6.40. The molecular formula is C8H10N2O3. The number of ether oxygens (including phenoxy) is 2. The molecule has 0 amide bonds. The van der Waals surface area contributed by atoms with Gasteiger partial charge in [-0.15, -0.1) is 0 Å². The number of imidazole rings is 1. The molecule has 70 valence electrons. The number of rotatable bonds is 2. The zero-order valence-corrected chi connectivity index (χ0v) is 7.03. The molecule has 1 aromatic rings. The average molecular weight is 182 g/mol. The van der Waals surface area contributed by atoms with E-state index in [9.17, 15) is 4.79 Å². The van der Waals surface area contributed by atoms with Crippen LogP contribution >= 0.6 is 0 Å². The van der Waals surface area contributed by atoms with Gasteiger partial charge in [-0.05, 0) is 0 Å². The molecule has 1 fully saturated rings. The smallest absolute Gasteiger partial charge is 0.167 e. The lowest BCUT2D eigenvalue weighted by atomic mass is 10.3. The Balaban J connectivity index is 2.09. The molecule has 2 heterocycles. The van der Waals surface area contributed by atoms with Crippen molar-refractivity contribution in [1.29, 1.82) is 0 Å². The van der Waals surface area contributed by atoms with Crippen molar-refractivity contribution in [2.75, 3.05) is 19.8 Å². The van der Waals surface area contributed by atoms with Crippen LogP contribution in [0.15, 0.2) is 6.20 Å². The van der Waals surface area contributed by atoms with Gasteiger partial charge >= 0.3 is 0 Å². The number of aromatic nitrogens is 2. The number of carbonyl (C=O) groups is 1. The Morgan fingerprint density at radius 3 is 3.15 bits per heavy atom. The van der Waals surface area contributed by atoms with Crippen LogP contribution in [0.1, 0.15) is 22.4 Å². The third-order valence-electron chi connectivity index (χ3n) is 1.86. The Bertz CT molecular complexity index is 291. The highest BCUT2D eigenvalue weighted by Gasteiger charge is 2.19. The SMILES string of the molecule is O=Cc1cnc(C2COCCO2)[nH]1. The lowest BCUT2D eigenvalue weighted by molar-refractivity contribution is -0.0932. The summed E-state index contributed by atoms with van der Waals surface area (Å²) in [7, 11) is 0. The molecule has 1 saturated heterocycles. The maximum Gasteiger partial charge on any atom is 0.167 e. The van der Waals surface area contributed by atoms with Crippen molar-refractivity contribution in [3.63, 3.8) is 0 Å². The normalized spacial score (nSPS) is 22.9. The summed E-state index contributed by atoms with van der Waals surface area (Å²) in [6, 6.07) is 0. The fourth-order valence-electron chi connectivity index (χ4n) is 1.22. The molecule has 1 aliphatic heterocycles. The summed E-state index contributed by atoms with van der Waals surface area (Å²) in [5.41, 5.74) is 0.462. The first kappa shape index (κ1) is 8.40. The van der Waals surface area contributed by atoms with Crippen molar-refractivity contribution in [2.45, 2.75) is 6.10 Å². The van der Waals surface area contributed by atoms with Gasteiger partial charge in [0.15, 0.2) is 6.29 Å². The van der Waals surface area contributed by atoms with Crippen molar-refractivity contribution in [3.8, 4) is 0 Å². The van der Waals surface area contributed by atoms with Gasteiger partial charge in [-0.1, -0.05) is 0 Å². The molecule has 1 atom stereocenters. The lowest BCUT2D eigenvalue weighted by Crippen LogP contribution is -2.22. The van der Waals surface area contributed by atoms with Gasteiger partial charge in [0.25, 0.3) is 0 Å². The molecule has 0 spiro atoms. The average Bonchev–Trinajstić information content (AvgIpc) is 2.67. The molecule has 1 unspecified atom stereocenters. The Hall–Kier alpha value is -1.20. The molecule has 0 bridgehead atoms. The number of hydrogen-bond acceptors (Lipinski definition) is 4. The minimum absolute atomic E-state index is 0.164. The second-order valence-electron chi connectivity index (χ2n) is 2.78. The van der Waals surface area contributed by atoms with E-state index < -0.39 is 0 Å². The van der Waals surface area contributed by atoms with Gasteiger partial charge in [-0.2, -0.15) is 0 Å². The molecule has 0 radical (unpaired) electrons. The molecule has 0 aromatic carbocycles. The fraction of sp³-hybridized carbons (Fsp3) is 0.500. The predicted octanol–water partition coefficient (Wildman–Crippen LogP) is 0.310. The number of carbonyl (C=O) groups excluding carboxylic acids is 1. The van der Waals surface area contributed by atoms with Gasteiger partial charge < -0.3 is 14.5 Å². The van der Waals surface area contributed by atoms with Gasteiger partial charge in [0.1, 0.15) is 11.9 Å². The van der Waals surface area contributed by atoms with Gasteiger partial charge in [-0.3, -0.25) is 4.79 Å². The van der Waals surface area contributed by atoms with Crippen molar-refractivity contribution in [3.05, 3.63) is 17.7 Å². The number of H-pyrrole nitrogens is 1. The summed E-state index contributed by atoms with van der Waals surface area (Å²) >= 11 is 0. The molecule has 0 aliphatic carbocycles. The fourth-order valence-corrected chi connectivity index (χ4v) is 1.22. The summed E-state index contributed by atoms with van der Waals surface area (Å²) in [5.74, 6) is 0.654. The van der Waals surface area contributed by atoms with E-state index >= 15 is 0 Å². The highest BCUT2D eigenvalue weighted by Crippen LogP contribution is 2.16. The first-order valence-corrected chi connectivity index (χ1v) is 4.09. The number of nitrogens with zero attached hydrogens (tertiary/aromatic N) is 1. The molecule has 5 heteroatoms. The van der Waals surface area contributed by atoms with E-state index in [0.717, 1.165) is 6.29 Å². The van der Waals surface area contributed by atoms with Crippen molar-refractivity contribution in [1.82, 2.24) is 9.97 Å². The molecule has 1 aliphatic rings. The van der Waals surface area contributed by atoms with Crippen LogP contribution < -0.4 is 0 Å². The molecule has 1 aromatic heterocycles. The van der Waals surface area contributed by atoms with Crippen molar-refractivity contribution >= 4 is 6.29 Å². The number of hydrogen-bond donors (Lipinski definition) is 1. The van der Waals surface area contributed by atoms with E-state index in [1.807, 2.05) is 0 Å². The third-order valence-corrected chi connectivity index (χ3v) is 1.86. The summed E-state index contributed by atoms with van der Waals surface area (Å²) in [6.45, 7) is 1.69. The van der Waals surface area contributed by atoms with Crippen LogP contribution in [0, 0.1) is 0 Å². The third kappa shape index (κ3) is 1.76. The van der Waals surface area contributed by atoms with E-state index in [4.69, 9.17) is 9.47 Å². The van der Waals surface area contributed by atoms with Crippen molar-refractivity contribution < 1.29 is 14.3 Å². The van der Waals surface area contributed by atoms with Crippen LogP contribution in [-0.2, 0) is 9.47 Å². The lowest BCUT2D eigenvalue weighted by Gasteiger charge is -2.20. The van der Waals surface area contributed by atoms with Crippen LogP contribution in [0.4, 0.5) is 0 Å². The molecule has 2 rings (SSSR count). The van der Waals surface area contributed by atoms with E-state index in [1.54, 1.807) is 0 Å². The summed E-state index contributed by atoms with van der Waals surface area (Å²) in [6.07, 6.45) is 2.04. The number of aromatic amines is 1. The zero-order valence-electron chi connectivity index (χ0n) is 7.03. The zero-order chi connectivity index (χ0) is 9.10. The topological polar surface area (TPSA) is 64.2 Å². The predicted molar refractivity (Wildman–Crippen MR) is 43.5 cm³/mol. The molecule has 13 heavy (non-hydrogen) atoms. The van der Waals surface area contributed by atoms with Crippen LogP contribution in [0.3, 0.4) is 0 Å². The van der Waals surface area contributed by atoms with Crippen LogP contribution in [0.2, 0.25) is 0 Å². The number of nitrogens with one attached hydrogen (secondary N) is 1. The van der Waals surface area contributed by atoms with E-state index in [0.29, 0.717) is 31.3 Å². The quantitative estimate of drug-likeness (QED) is 0.668. The Morgan fingerprint density at radius 1 is 1.62 bits per heavy atom. The van der Waals surface area contributed by atoms with Gasteiger partial charge in [0, 0.05) is 0 Å². The van der Waals surface area contributed by atoms with E-state index in [1.165, 1.54) is 6.20 Å². The van der Waals surface area contributed by atoms with Gasteiger partial charge in [0.05, 0.1) is 31.7 Å². The van der Waals surface area contributed by atoms with Gasteiger partial charge in [0.2, 0.25) is 0 Å². The van der Waals surface area contributed by atoms with Gasteiger partial charge in [-0.25, -0.2) is 4.98 Å². The second-order valence-corrected chi connectivity index (χ2v) is 2.78. The Morgan fingerprint density at radius 2 is 2.54 bits per heavy atom. The second kappa shape index (κ2) is 3.68. The van der Waals surface area contributed by atoms with Crippen LogP contribution in [0.5, 0.6) is 0 Å².